The molecule has 0 heterocycles. The first kappa shape index (κ1) is 22.1. The quantitative estimate of drug-likeness (QED) is 0.415. The standard InChI is InChI=1S/C22H33NO3S/c1-6-7-8-14(2)19(24)10-9-17-18-12-16(11-15(18)13-20(17)25)21(27-5)22(26)23(3)4/h9-10,14-15,17-20,24-25H,8,11-13H2,1-5H3/t14-,15+,17-,18+,19-,20-/m1/s1. The summed E-state index contributed by atoms with van der Waals surface area (Å²) in [6, 6.07) is 0. The van der Waals surface area contributed by atoms with Gasteiger partial charge in [-0.15, -0.1) is 23.6 Å². The van der Waals surface area contributed by atoms with E-state index in [-0.39, 0.29) is 23.8 Å². The summed E-state index contributed by atoms with van der Waals surface area (Å²) >= 11 is 1.53. The van der Waals surface area contributed by atoms with Crippen molar-refractivity contribution in [1.29, 1.82) is 0 Å². The Balaban J connectivity index is 2.11. The van der Waals surface area contributed by atoms with Crippen LogP contribution in [0, 0.1) is 35.5 Å². The molecule has 0 aromatic carbocycles. The molecule has 0 saturated heterocycles. The molecular weight excluding hydrogens is 358 g/mol. The molecule has 5 heteroatoms. The molecular formula is C22H33NO3S. The minimum absolute atomic E-state index is 0.0455. The number of allylic oxidation sites excluding steroid dienone is 1. The topological polar surface area (TPSA) is 60.8 Å². The Labute approximate surface area is 168 Å². The molecule has 2 rings (SSSR count). The van der Waals surface area contributed by atoms with E-state index in [1.165, 1.54) is 17.3 Å². The van der Waals surface area contributed by atoms with Gasteiger partial charge in [-0.1, -0.05) is 24.6 Å². The largest absolute Gasteiger partial charge is 0.392 e. The Morgan fingerprint density at radius 3 is 2.70 bits per heavy atom. The summed E-state index contributed by atoms with van der Waals surface area (Å²) in [6.45, 7) is 3.79. The van der Waals surface area contributed by atoms with Gasteiger partial charge in [0.2, 0.25) is 0 Å². The molecule has 2 aliphatic carbocycles. The number of carbonyl (C=O) groups excluding carboxylic acids is 1. The maximum atomic E-state index is 12.4. The number of thioether (sulfide) groups is 1. The van der Waals surface area contributed by atoms with Crippen LogP contribution in [-0.2, 0) is 4.79 Å². The zero-order valence-corrected chi connectivity index (χ0v) is 17.9. The zero-order valence-electron chi connectivity index (χ0n) is 17.1. The van der Waals surface area contributed by atoms with E-state index in [1.807, 2.05) is 25.3 Å². The highest BCUT2D eigenvalue weighted by Gasteiger charge is 2.46. The highest BCUT2D eigenvalue weighted by atomic mass is 32.2. The van der Waals surface area contributed by atoms with Crippen LogP contribution in [0.5, 0.6) is 0 Å². The maximum Gasteiger partial charge on any atom is 0.259 e. The fourth-order valence-corrected chi connectivity index (χ4v) is 5.13. The van der Waals surface area contributed by atoms with Crippen molar-refractivity contribution in [3.05, 3.63) is 22.6 Å². The number of aliphatic hydroxyl groups excluding tert-OH is 2. The average Bonchev–Trinajstić information content (AvgIpc) is 3.15. The van der Waals surface area contributed by atoms with Crippen molar-refractivity contribution in [3.8, 4) is 11.8 Å². The van der Waals surface area contributed by atoms with Crippen LogP contribution >= 0.6 is 11.8 Å². The Hall–Kier alpha value is -1.22. The van der Waals surface area contributed by atoms with Crippen molar-refractivity contribution < 1.29 is 15.0 Å². The Bertz CT molecular complexity index is 658. The molecule has 4 nitrogen and oxygen atoms in total. The van der Waals surface area contributed by atoms with Crippen molar-refractivity contribution in [2.45, 2.75) is 51.7 Å². The zero-order chi connectivity index (χ0) is 20.1. The van der Waals surface area contributed by atoms with Crippen LogP contribution in [0.25, 0.3) is 0 Å². The monoisotopic (exact) mass is 391 g/mol. The van der Waals surface area contributed by atoms with Gasteiger partial charge in [0.05, 0.1) is 17.1 Å². The average molecular weight is 392 g/mol. The van der Waals surface area contributed by atoms with E-state index >= 15 is 0 Å². The van der Waals surface area contributed by atoms with Gasteiger partial charge in [0, 0.05) is 26.4 Å². The Morgan fingerprint density at radius 2 is 2.11 bits per heavy atom. The van der Waals surface area contributed by atoms with Gasteiger partial charge in [-0.3, -0.25) is 4.79 Å². The number of hydrogen-bond donors (Lipinski definition) is 2. The fourth-order valence-electron chi connectivity index (χ4n) is 4.32. The first-order valence-electron chi connectivity index (χ1n) is 9.71. The van der Waals surface area contributed by atoms with Crippen LogP contribution in [0.3, 0.4) is 0 Å². The molecule has 0 aromatic heterocycles. The number of nitrogens with zero attached hydrogens (tertiary/aromatic N) is 1. The maximum absolute atomic E-state index is 12.4. The molecule has 0 bridgehead atoms. The van der Waals surface area contributed by atoms with Crippen molar-refractivity contribution in [2.24, 2.45) is 23.7 Å². The van der Waals surface area contributed by atoms with E-state index in [1.54, 1.807) is 25.9 Å². The number of amides is 1. The predicted molar refractivity (Wildman–Crippen MR) is 112 cm³/mol. The van der Waals surface area contributed by atoms with Gasteiger partial charge < -0.3 is 15.1 Å². The van der Waals surface area contributed by atoms with Gasteiger partial charge in [-0.05, 0) is 50.2 Å². The van der Waals surface area contributed by atoms with E-state index in [9.17, 15) is 15.0 Å². The normalized spacial score (nSPS) is 31.2. The lowest BCUT2D eigenvalue weighted by Crippen LogP contribution is -2.23. The third-order valence-electron chi connectivity index (χ3n) is 5.92. The Kier molecular flexibility index (Phi) is 8.03. The number of aliphatic hydroxyl groups is 2. The summed E-state index contributed by atoms with van der Waals surface area (Å²) in [5.41, 5.74) is 1.23. The van der Waals surface area contributed by atoms with Crippen molar-refractivity contribution in [1.82, 2.24) is 4.90 Å². The second kappa shape index (κ2) is 9.82. The van der Waals surface area contributed by atoms with Gasteiger partial charge in [0.1, 0.15) is 0 Å². The molecule has 0 radical (unpaired) electrons. The summed E-state index contributed by atoms with van der Waals surface area (Å²) in [5, 5.41) is 20.9. The van der Waals surface area contributed by atoms with Crippen LogP contribution in [0.15, 0.2) is 22.6 Å². The van der Waals surface area contributed by atoms with Gasteiger partial charge in [0.25, 0.3) is 5.91 Å². The molecule has 2 aliphatic rings. The molecule has 150 valence electrons. The molecule has 1 amide bonds. The van der Waals surface area contributed by atoms with E-state index < -0.39 is 6.10 Å². The number of hydrogen-bond acceptors (Lipinski definition) is 4. The number of likely N-dealkylation sites (N-methyl/N-ethyl adjacent to an activating group) is 1. The third kappa shape index (κ3) is 5.19. The summed E-state index contributed by atoms with van der Waals surface area (Å²) in [6.07, 6.45) is 8.08. The molecule has 27 heavy (non-hydrogen) atoms. The molecule has 0 aliphatic heterocycles. The van der Waals surface area contributed by atoms with E-state index in [0.29, 0.717) is 18.3 Å². The first-order chi connectivity index (χ1) is 12.8. The van der Waals surface area contributed by atoms with Crippen molar-refractivity contribution >= 4 is 17.7 Å². The first-order valence-corrected chi connectivity index (χ1v) is 10.9. The Morgan fingerprint density at radius 1 is 1.41 bits per heavy atom. The minimum Gasteiger partial charge on any atom is -0.392 e. The minimum atomic E-state index is -0.550. The molecule has 2 fully saturated rings. The second-order valence-corrected chi connectivity index (χ2v) is 8.85. The van der Waals surface area contributed by atoms with Crippen LogP contribution in [0.4, 0.5) is 0 Å². The molecule has 0 unspecified atom stereocenters. The molecule has 6 atom stereocenters. The number of rotatable bonds is 6. The lowest BCUT2D eigenvalue weighted by atomic mass is 9.89. The number of carbonyl (C=O) groups is 1. The van der Waals surface area contributed by atoms with Gasteiger partial charge >= 0.3 is 0 Å². The van der Waals surface area contributed by atoms with E-state index in [4.69, 9.17) is 0 Å². The number of fused-ring (bicyclic) bond motifs is 1. The predicted octanol–water partition coefficient (Wildman–Crippen LogP) is 3.07. The molecule has 0 spiro atoms. The fraction of sp³-hybridized carbons (Fsp3) is 0.682. The highest BCUT2D eigenvalue weighted by Crippen LogP contribution is 2.52. The summed E-state index contributed by atoms with van der Waals surface area (Å²) < 4.78 is 0. The van der Waals surface area contributed by atoms with Gasteiger partial charge in [0.15, 0.2) is 0 Å². The molecule has 0 aromatic rings. The summed E-state index contributed by atoms with van der Waals surface area (Å²) in [5.74, 6) is 6.83. The second-order valence-electron chi connectivity index (χ2n) is 8.03. The third-order valence-corrected chi connectivity index (χ3v) is 6.79. The van der Waals surface area contributed by atoms with Crippen LogP contribution in [-0.4, -0.2) is 53.6 Å². The lowest BCUT2D eigenvalue weighted by Gasteiger charge is -2.20. The van der Waals surface area contributed by atoms with Crippen LogP contribution in [0.1, 0.15) is 39.5 Å². The van der Waals surface area contributed by atoms with E-state index in [0.717, 1.165) is 24.2 Å². The summed E-state index contributed by atoms with van der Waals surface area (Å²) in [7, 11) is 3.57. The van der Waals surface area contributed by atoms with Crippen LogP contribution < -0.4 is 0 Å². The lowest BCUT2D eigenvalue weighted by molar-refractivity contribution is -0.124. The highest BCUT2D eigenvalue weighted by molar-refractivity contribution is 8.03. The van der Waals surface area contributed by atoms with Crippen molar-refractivity contribution in [2.75, 3.05) is 20.4 Å². The molecule has 2 N–H and O–H groups in total. The van der Waals surface area contributed by atoms with Crippen molar-refractivity contribution in [3.63, 3.8) is 0 Å². The van der Waals surface area contributed by atoms with Gasteiger partial charge in [-0.25, -0.2) is 0 Å². The van der Waals surface area contributed by atoms with Gasteiger partial charge in [-0.2, -0.15) is 0 Å². The van der Waals surface area contributed by atoms with E-state index in [2.05, 4.69) is 11.8 Å². The molecule has 2 saturated carbocycles. The SMILES string of the molecule is CC#CC[C@@H](C)[C@H](O)C=C[C@@H]1[C@H]2CC(=C(SC)C(=O)N(C)C)C[C@H]2C[C@H]1O. The van der Waals surface area contributed by atoms with Crippen LogP contribution in [0.2, 0.25) is 0 Å². The summed E-state index contributed by atoms with van der Waals surface area (Å²) in [4.78, 5) is 14.9. The smallest absolute Gasteiger partial charge is 0.259 e.